The molecule has 1 N–H and O–H groups in total. The summed E-state index contributed by atoms with van der Waals surface area (Å²) in [6.07, 6.45) is 0. The van der Waals surface area contributed by atoms with Crippen molar-refractivity contribution in [2.45, 2.75) is 20.4 Å². The van der Waals surface area contributed by atoms with Crippen LogP contribution < -0.4 is 5.32 Å². The maximum atomic E-state index is 13.0. The zero-order valence-electron chi connectivity index (χ0n) is 16.2. The molecule has 8 nitrogen and oxygen atoms in total. The third kappa shape index (κ3) is 5.01. The smallest absolute Gasteiger partial charge is 0.253 e. The highest BCUT2D eigenvalue weighted by Crippen LogP contribution is 2.14. The minimum atomic E-state index is -0.356. The Balaban J connectivity index is 1.60. The van der Waals surface area contributed by atoms with E-state index in [-0.39, 0.29) is 24.2 Å². The number of rotatable bonds is 7. The number of aromatic nitrogens is 4. The largest absolute Gasteiger partial charge is 0.339 e. The Morgan fingerprint density at radius 2 is 1.69 bits per heavy atom. The van der Waals surface area contributed by atoms with Crippen molar-refractivity contribution in [3.05, 3.63) is 59.9 Å². The Bertz CT molecular complexity index is 981. The molecule has 0 unspecified atom stereocenters. The lowest BCUT2D eigenvalue weighted by Gasteiger charge is -2.18. The van der Waals surface area contributed by atoms with Gasteiger partial charge in [-0.3, -0.25) is 9.59 Å². The van der Waals surface area contributed by atoms with E-state index in [1.165, 1.54) is 24.3 Å². The van der Waals surface area contributed by atoms with Crippen LogP contribution in [0.5, 0.6) is 0 Å². The average Bonchev–Trinajstić information content (AvgIpc) is 3.18. The molecule has 2 aromatic carbocycles. The van der Waals surface area contributed by atoms with Crippen LogP contribution in [-0.2, 0) is 11.3 Å². The number of anilines is 1. The predicted octanol–water partition coefficient (Wildman–Crippen LogP) is 2.60. The fourth-order valence-corrected chi connectivity index (χ4v) is 2.74. The number of nitrogens with one attached hydrogen (secondary N) is 1. The van der Waals surface area contributed by atoms with Crippen LogP contribution in [0.25, 0.3) is 11.4 Å². The molecule has 0 saturated heterocycles. The van der Waals surface area contributed by atoms with Crippen molar-refractivity contribution in [3.8, 4) is 11.4 Å². The molecule has 0 aliphatic carbocycles. The Morgan fingerprint density at radius 1 is 1.03 bits per heavy atom. The summed E-state index contributed by atoms with van der Waals surface area (Å²) in [6.45, 7) is 5.00. The van der Waals surface area contributed by atoms with Crippen LogP contribution >= 0.6 is 0 Å². The second-order valence-electron chi connectivity index (χ2n) is 6.25. The van der Waals surface area contributed by atoms with Gasteiger partial charge in [-0.15, -0.1) is 10.2 Å². The molecule has 2 amide bonds. The molecule has 150 valence electrons. The molecule has 1 aromatic heterocycles. The van der Waals surface area contributed by atoms with Gasteiger partial charge in [0.25, 0.3) is 5.91 Å². The first-order valence-electron chi connectivity index (χ1n) is 9.23. The third-order valence-corrected chi connectivity index (χ3v) is 4.31. The fourth-order valence-electron chi connectivity index (χ4n) is 2.74. The lowest BCUT2D eigenvalue weighted by molar-refractivity contribution is -0.117. The molecule has 0 spiro atoms. The highest BCUT2D eigenvalue weighted by Gasteiger charge is 2.13. The zero-order valence-corrected chi connectivity index (χ0v) is 16.2. The average molecular weight is 396 g/mol. The first-order valence-corrected chi connectivity index (χ1v) is 9.23. The minimum absolute atomic E-state index is 0.0481. The van der Waals surface area contributed by atoms with E-state index in [4.69, 9.17) is 0 Å². The summed E-state index contributed by atoms with van der Waals surface area (Å²) in [5.41, 5.74) is 1.73. The lowest BCUT2D eigenvalue weighted by Crippen LogP contribution is -2.30. The van der Waals surface area contributed by atoms with Gasteiger partial charge in [0, 0.05) is 29.9 Å². The molecular formula is C20H21FN6O2. The zero-order chi connectivity index (χ0) is 20.8. The summed E-state index contributed by atoms with van der Waals surface area (Å²) in [4.78, 5) is 27.4. The molecule has 0 fully saturated rings. The molecular weight excluding hydrogens is 375 g/mol. The highest BCUT2D eigenvalue weighted by molar-refractivity contribution is 5.95. The first-order chi connectivity index (χ1) is 14.0. The van der Waals surface area contributed by atoms with Gasteiger partial charge in [0.15, 0.2) is 0 Å². The van der Waals surface area contributed by atoms with Crippen LogP contribution in [0.3, 0.4) is 0 Å². The maximum absolute atomic E-state index is 13.0. The normalized spacial score (nSPS) is 10.6. The van der Waals surface area contributed by atoms with Gasteiger partial charge >= 0.3 is 0 Å². The van der Waals surface area contributed by atoms with E-state index in [9.17, 15) is 14.0 Å². The molecule has 0 saturated carbocycles. The Hall–Kier alpha value is -3.62. The summed E-state index contributed by atoms with van der Waals surface area (Å²) in [5, 5.41) is 14.6. The van der Waals surface area contributed by atoms with Gasteiger partial charge in [-0.2, -0.15) is 4.80 Å². The SMILES string of the molecule is CCN(CC)C(=O)c1ccc(NC(=O)Cn2nnc(-c3ccc(F)cc3)n2)cc1. The van der Waals surface area contributed by atoms with Crippen molar-refractivity contribution < 1.29 is 14.0 Å². The quantitative estimate of drug-likeness (QED) is 0.663. The molecule has 1 heterocycles. The van der Waals surface area contributed by atoms with Gasteiger partial charge in [-0.1, -0.05) is 0 Å². The van der Waals surface area contributed by atoms with Crippen LogP contribution in [-0.4, -0.2) is 50.0 Å². The molecule has 0 aliphatic rings. The van der Waals surface area contributed by atoms with E-state index < -0.39 is 0 Å². The predicted molar refractivity (Wildman–Crippen MR) is 106 cm³/mol. The number of hydrogen-bond donors (Lipinski definition) is 1. The van der Waals surface area contributed by atoms with E-state index >= 15 is 0 Å². The molecule has 0 aliphatic heterocycles. The lowest BCUT2D eigenvalue weighted by atomic mass is 10.1. The standard InChI is InChI=1S/C20H21FN6O2/c1-3-26(4-2)20(29)15-7-11-17(12-8-15)22-18(28)13-27-24-19(23-25-27)14-5-9-16(21)10-6-14/h5-12H,3-4,13H2,1-2H3,(H,22,28). The van der Waals surface area contributed by atoms with E-state index in [1.807, 2.05) is 13.8 Å². The number of amides is 2. The highest BCUT2D eigenvalue weighted by atomic mass is 19.1. The molecule has 9 heteroatoms. The van der Waals surface area contributed by atoms with Crippen LogP contribution in [0.4, 0.5) is 10.1 Å². The van der Waals surface area contributed by atoms with E-state index in [1.54, 1.807) is 29.2 Å². The Morgan fingerprint density at radius 3 is 2.31 bits per heavy atom. The Kier molecular flexibility index (Phi) is 6.28. The van der Waals surface area contributed by atoms with E-state index in [2.05, 4.69) is 20.7 Å². The molecule has 0 atom stereocenters. The summed E-state index contributed by atoms with van der Waals surface area (Å²) >= 11 is 0. The van der Waals surface area contributed by atoms with Gasteiger partial charge in [0.05, 0.1) is 0 Å². The number of nitrogens with zero attached hydrogens (tertiary/aromatic N) is 5. The number of hydrogen-bond acceptors (Lipinski definition) is 5. The van der Waals surface area contributed by atoms with Crippen LogP contribution in [0.15, 0.2) is 48.5 Å². The van der Waals surface area contributed by atoms with Gasteiger partial charge in [0.2, 0.25) is 11.7 Å². The Labute approximate surface area is 167 Å². The van der Waals surface area contributed by atoms with Gasteiger partial charge in [-0.25, -0.2) is 4.39 Å². The topological polar surface area (TPSA) is 93.0 Å². The van der Waals surface area contributed by atoms with Crippen molar-refractivity contribution in [1.82, 2.24) is 25.1 Å². The molecule has 0 radical (unpaired) electrons. The van der Waals surface area contributed by atoms with Crippen LogP contribution in [0.1, 0.15) is 24.2 Å². The van der Waals surface area contributed by atoms with Gasteiger partial charge in [0.1, 0.15) is 12.4 Å². The second-order valence-corrected chi connectivity index (χ2v) is 6.25. The minimum Gasteiger partial charge on any atom is -0.339 e. The fraction of sp³-hybridized carbons (Fsp3) is 0.250. The van der Waals surface area contributed by atoms with Gasteiger partial charge in [-0.05, 0) is 67.6 Å². The maximum Gasteiger partial charge on any atom is 0.253 e. The van der Waals surface area contributed by atoms with Crippen molar-refractivity contribution in [2.24, 2.45) is 0 Å². The van der Waals surface area contributed by atoms with E-state index in [0.717, 1.165) is 4.80 Å². The number of benzene rings is 2. The van der Waals surface area contributed by atoms with Crippen LogP contribution in [0, 0.1) is 5.82 Å². The first kappa shape index (κ1) is 20.1. The number of carbonyl (C=O) groups is 2. The molecule has 29 heavy (non-hydrogen) atoms. The van der Waals surface area contributed by atoms with Crippen molar-refractivity contribution in [2.75, 3.05) is 18.4 Å². The summed E-state index contributed by atoms with van der Waals surface area (Å²) < 4.78 is 13.0. The summed E-state index contributed by atoms with van der Waals surface area (Å²) in [5.74, 6) is -0.439. The number of tetrazole rings is 1. The second kappa shape index (κ2) is 9.05. The molecule has 3 rings (SSSR count). The van der Waals surface area contributed by atoms with E-state index in [0.29, 0.717) is 35.7 Å². The van der Waals surface area contributed by atoms with Crippen molar-refractivity contribution in [3.63, 3.8) is 0 Å². The summed E-state index contributed by atoms with van der Waals surface area (Å²) in [6, 6.07) is 12.4. The molecule has 0 bridgehead atoms. The summed E-state index contributed by atoms with van der Waals surface area (Å²) in [7, 11) is 0. The van der Waals surface area contributed by atoms with Crippen molar-refractivity contribution in [1.29, 1.82) is 0 Å². The van der Waals surface area contributed by atoms with Crippen LogP contribution in [0.2, 0.25) is 0 Å². The van der Waals surface area contributed by atoms with Gasteiger partial charge < -0.3 is 10.2 Å². The molecule has 3 aromatic rings. The number of carbonyl (C=O) groups excluding carboxylic acids is 2. The third-order valence-electron chi connectivity index (χ3n) is 4.31. The monoisotopic (exact) mass is 396 g/mol. The number of halogens is 1. The van der Waals surface area contributed by atoms with Crippen molar-refractivity contribution >= 4 is 17.5 Å².